The minimum atomic E-state index is -0.312. The van der Waals surface area contributed by atoms with E-state index in [0.29, 0.717) is 25.6 Å². The van der Waals surface area contributed by atoms with Crippen LogP contribution in [0.1, 0.15) is 245 Å². The fourth-order valence-electron chi connectivity index (χ4n) is 7.41. The molecule has 0 aromatic rings. The van der Waals surface area contributed by atoms with Crippen LogP contribution in [0, 0.1) is 11.8 Å². The minimum Gasteiger partial charge on any atom is -0.396 e. The number of hydrogen-bond acceptors (Lipinski definition) is 5. The Morgan fingerprint density at radius 3 is 1.10 bits per heavy atom. The zero-order valence-electron chi connectivity index (χ0n) is 33.1. The number of rotatable bonds is 40. The first kappa shape index (κ1) is 48.1. The third-order valence-corrected chi connectivity index (χ3v) is 10.8. The van der Waals surface area contributed by atoms with Gasteiger partial charge in [0.25, 0.3) is 0 Å². The molecule has 0 aromatic heterocycles. The lowest BCUT2D eigenvalue weighted by Crippen LogP contribution is -2.28. The second-order valence-electron chi connectivity index (χ2n) is 15.3. The Kier molecular flexibility index (Phi) is 39.1. The van der Waals surface area contributed by atoms with E-state index in [4.69, 9.17) is 14.9 Å². The lowest BCUT2D eigenvalue weighted by molar-refractivity contribution is -0.164. The summed E-state index contributed by atoms with van der Waals surface area (Å²) in [5.41, 5.74) is 0. The first-order valence-corrected chi connectivity index (χ1v) is 22.1. The van der Waals surface area contributed by atoms with Crippen molar-refractivity contribution in [1.82, 2.24) is 0 Å². The van der Waals surface area contributed by atoms with E-state index in [0.717, 1.165) is 57.8 Å². The van der Waals surface area contributed by atoms with Crippen molar-refractivity contribution in [1.29, 1.82) is 0 Å². The Morgan fingerprint density at radius 2 is 0.755 bits per heavy atom. The normalized spacial score (nSPS) is 12.7. The van der Waals surface area contributed by atoms with Crippen molar-refractivity contribution in [2.75, 3.05) is 13.2 Å². The summed E-state index contributed by atoms with van der Waals surface area (Å²) >= 11 is 0. The summed E-state index contributed by atoms with van der Waals surface area (Å²) in [5.74, 6) is -0.368. The molecule has 0 radical (unpaired) electrons. The van der Waals surface area contributed by atoms with Gasteiger partial charge in [-0.05, 0) is 38.0 Å². The highest BCUT2D eigenvalue weighted by molar-refractivity contribution is 5.86. The van der Waals surface area contributed by atoms with E-state index in [2.05, 4.69) is 13.8 Å². The lowest BCUT2D eigenvalue weighted by atomic mass is 9.82. The van der Waals surface area contributed by atoms with E-state index in [1.54, 1.807) is 0 Å². The molecule has 2 atom stereocenters. The summed E-state index contributed by atoms with van der Waals surface area (Å²) < 4.78 is 5.50. The highest BCUT2D eigenvalue weighted by Crippen LogP contribution is 2.29. The van der Waals surface area contributed by atoms with Gasteiger partial charge < -0.3 is 14.9 Å². The van der Waals surface area contributed by atoms with Crippen molar-refractivity contribution >= 4 is 11.9 Å². The molecule has 0 saturated heterocycles. The van der Waals surface area contributed by atoms with Gasteiger partial charge in [0.15, 0.2) is 0 Å². The Balaban J connectivity index is 4.09. The van der Waals surface area contributed by atoms with Gasteiger partial charge in [-0.3, -0.25) is 9.59 Å². The number of carbonyl (C=O) groups is 2. The highest BCUT2D eigenvalue weighted by atomic mass is 16.6. The number of aliphatic hydroxyl groups is 2. The summed E-state index contributed by atoms with van der Waals surface area (Å²) in [4.78, 5) is 25.9. The van der Waals surface area contributed by atoms with Gasteiger partial charge in [0.1, 0.15) is 0 Å². The fourth-order valence-corrected chi connectivity index (χ4v) is 7.41. The van der Waals surface area contributed by atoms with E-state index in [1.165, 1.54) is 167 Å². The van der Waals surface area contributed by atoms with Gasteiger partial charge in [0, 0.05) is 19.6 Å². The Bertz CT molecular complexity index is 680. The zero-order chi connectivity index (χ0) is 35.9. The average Bonchev–Trinajstić information content (AvgIpc) is 3.10. The van der Waals surface area contributed by atoms with Crippen LogP contribution in [0.2, 0.25) is 0 Å². The molecule has 2 unspecified atom stereocenters. The van der Waals surface area contributed by atoms with Crippen molar-refractivity contribution in [2.24, 2.45) is 11.8 Å². The molecule has 0 heterocycles. The van der Waals surface area contributed by atoms with Crippen molar-refractivity contribution in [2.45, 2.75) is 245 Å². The van der Waals surface area contributed by atoms with Gasteiger partial charge in [-0.15, -0.1) is 0 Å². The van der Waals surface area contributed by atoms with E-state index >= 15 is 0 Å². The maximum absolute atomic E-state index is 13.3. The average molecular weight is 695 g/mol. The second-order valence-corrected chi connectivity index (χ2v) is 15.3. The van der Waals surface area contributed by atoms with Crippen LogP contribution in [-0.2, 0) is 14.3 Å². The molecule has 5 nitrogen and oxygen atoms in total. The van der Waals surface area contributed by atoms with Crippen LogP contribution >= 0.6 is 0 Å². The molecule has 0 aliphatic heterocycles. The molecule has 0 saturated carbocycles. The standard InChI is InChI=1S/C44H86O5/c1-3-5-31-36-41(4-2)42(37-32-27-23-19-15-11-8-10-14-18-22-26-30-35-40-46)44(48)49-43(47)38-33-28-24-20-16-12-7-6-9-13-17-21-25-29-34-39-45/h41-42,45-46H,3-40H2,1-2H3. The molecule has 0 aromatic carbocycles. The largest absolute Gasteiger partial charge is 0.396 e. The van der Waals surface area contributed by atoms with Crippen LogP contribution in [0.25, 0.3) is 0 Å². The maximum atomic E-state index is 13.3. The van der Waals surface area contributed by atoms with Crippen LogP contribution in [0.3, 0.4) is 0 Å². The second kappa shape index (κ2) is 39.8. The van der Waals surface area contributed by atoms with Crippen molar-refractivity contribution in [3.63, 3.8) is 0 Å². The number of ether oxygens (including phenoxy) is 1. The molecular weight excluding hydrogens is 608 g/mol. The van der Waals surface area contributed by atoms with Crippen molar-refractivity contribution < 1.29 is 24.5 Å². The van der Waals surface area contributed by atoms with Gasteiger partial charge >= 0.3 is 11.9 Å². The summed E-state index contributed by atoms with van der Waals surface area (Å²) in [5, 5.41) is 17.7. The van der Waals surface area contributed by atoms with E-state index < -0.39 is 0 Å². The van der Waals surface area contributed by atoms with Crippen LogP contribution in [-0.4, -0.2) is 35.4 Å². The number of carbonyl (C=O) groups excluding carboxylic acids is 2. The molecule has 0 fully saturated rings. The maximum Gasteiger partial charge on any atom is 0.316 e. The zero-order valence-corrected chi connectivity index (χ0v) is 33.1. The van der Waals surface area contributed by atoms with Gasteiger partial charge in [0.2, 0.25) is 0 Å². The Morgan fingerprint density at radius 1 is 0.429 bits per heavy atom. The van der Waals surface area contributed by atoms with Crippen molar-refractivity contribution in [3.05, 3.63) is 0 Å². The third-order valence-electron chi connectivity index (χ3n) is 10.8. The highest BCUT2D eigenvalue weighted by Gasteiger charge is 2.29. The van der Waals surface area contributed by atoms with Gasteiger partial charge in [0.05, 0.1) is 5.92 Å². The predicted molar refractivity (Wildman–Crippen MR) is 210 cm³/mol. The van der Waals surface area contributed by atoms with Gasteiger partial charge in [-0.25, -0.2) is 0 Å². The van der Waals surface area contributed by atoms with Crippen LogP contribution in [0.15, 0.2) is 0 Å². The minimum absolute atomic E-state index is 0.133. The number of esters is 2. The molecule has 0 rings (SSSR count). The van der Waals surface area contributed by atoms with Crippen LogP contribution in [0.5, 0.6) is 0 Å². The number of aliphatic hydroxyl groups excluding tert-OH is 2. The smallest absolute Gasteiger partial charge is 0.316 e. The topological polar surface area (TPSA) is 83.8 Å². The molecule has 0 bridgehead atoms. The predicted octanol–water partition coefficient (Wildman–Crippen LogP) is 13.4. The van der Waals surface area contributed by atoms with E-state index in [-0.39, 0.29) is 17.9 Å². The summed E-state index contributed by atoms with van der Waals surface area (Å²) in [6.45, 7) is 5.09. The van der Waals surface area contributed by atoms with E-state index in [1.807, 2.05) is 0 Å². The fraction of sp³-hybridized carbons (Fsp3) is 0.955. The molecule has 0 aliphatic rings. The SMILES string of the molecule is CCCCCC(CC)C(CCCCCCCCCCCCCCCCO)C(=O)OC(=O)CCCCCCCCCCCCCCCCCO. The molecule has 292 valence electrons. The molecule has 0 spiro atoms. The van der Waals surface area contributed by atoms with Gasteiger partial charge in [-0.2, -0.15) is 0 Å². The van der Waals surface area contributed by atoms with Crippen LogP contribution in [0.4, 0.5) is 0 Å². The molecule has 2 N–H and O–H groups in total. The number of unbranched alkanes of at least 4 members (excludes halogenated alkanes) is 29. The van der Waals surface area contributed by atoms with Crippen molar-refractivity contribution in [3.8, 4) is 0 Å². The molecule has 49 heavy (non-hydrogen) atoms. The molecule has 0 aliphatic carbocycles. The summed E-state index contributed by atoms with van der Waals surface area (Å²) in [7, 11) is 0. The summed E-state index contributed by atoms with van der Waals surface area (Å²) in [6, 6.07) is 0. The lowest BCUT2D eigenvalue weighted by Gasteiger charge is -2.24. The van der Waals surface area contributed by atoms with E-state index in [9.17, 15) is 9.59 Å². The summed E-state index contributed by atoms with van der Waals surface area (Å²) in [6.07, 6.45) is 42.7. The Labute approximate surface area is 305 Å². The molecular formula is C44H86O5. The quantitative estimate of drug-likeness (QED) is 0.0379. The van der Waals surface area contributed by atoms with Gasteiger partial charge in [-0.1, -0.05) is 206 Å². The monoisotopic (exact) mass is 695 g/mol. The first-order chi connectivity index (χ1) is 24.1. The third kappa shape index (κ3) is 33.9. The first-order valence-electron chi connectivity index (χ1n) is 22.1. The molecule has 5 heteroatoms. The van der Waals surface area contributed by atoms with Crippen LogP contribution < -0.4 is 0 Å². The Hall–Kier alpha value is -0.940. The number of hydrogen-bond donors (Lipinski definition) is 2. The molecule has 0 amide bonds.